The van der Waals surface area contributed by atoms with Gasteiger partial charge in [0, 0.05) is 18.6 Å². The number of ether oxygens (including phenoxy) is 2. The Morgan fingerprint density at radius 1 is 0.960 bits per heavy atom. The SMILES string of the molecule is CC.CC(C)(COCCCO)c1cccc(OCc2ccccc2)c1. The Labute approximate surface area is 152 Å². The molecular weight excluding hydrogens is 312 g/mol. The van der Waals surface area contributed by atoms with E-state index in [1.165, 1.54) is 5.56 Å². The van der Waals surface area contributed by atoms with Crippen LogP contribution in [0.25, 0.3) is 0 Å². The maximum atomic E-state index is 8.81. The lowest BCUT2D eigenvalue weighted by molar-refractivity contribution is 0.0824. The summed E-state index contributed by atoms with van der Waals surface area (Å²) in [6, 6.07) is 18.3. The van der Waals surface area contributed by atoms with Gasteiger partial charge in [0.1, 0.15) is 12.4 Å². The van der Waals surface area contributed by atoms with Gasteiger partial charge in [-0.15, -0.1) is 0 Å². The molecule has 0 saturated heterocycles. The maximum absolute atomic E-state index is 8.81. The van der Waals surface area contributed by atoms with Gasteiger partial charge in [-0.2, -0.15) is 0 Å². The van der Waals surface area contributed by atoms with E-state index in [1.807, 2.05) is 44.2 Å². The largest absolute Gasteiger partial charge is 0.489 e. The first-order valence-electron chi connectivity index (χ1n) is 9.08. The van der Waals surface area contributed by atoms with Crippen molar-refractivity contribution in [1.29, 1.82) is 0 Å². The first kappa shape index (κ1) is 21.2. The molecule has 0 heterocycles. The molecule has 0 unspecified atom stereocenters. The molecule has 0 bridgehead atoms. The van der Waals surface area contributed by atoms with Crippen LogP contribution in [0, 0.1) is 0 Å². The summed E-state index contributed by atoms with van der Waals surface area (Å²) in [4.78, 5) is 0. The van der Waals surface area contributed by atoms with E-state index >= 15 is 0 Å². The molecule has 0 aliphatic carbocycles. The van der Waals surface area contributed by atoms with E-state index in [2.05, 4.69) is 38.1 Å². The van der Waals surface area contributed by atoms with Crippen LogP contribution < -0.4 is 4.74 Å². The third kappa shape index (κ3) is 7.72. The van der Waals surface area contributed by atoms with E-state index in [1.54, 1.807) is 0 Å². The van der Waals surface area contributed by atoms with Gasteiger partial charge in [0.05, 0.1) is 6.61 Å². The van der Waals surface area contributed by atoms with Gasteiger partial charge in [0.15, 0.2) is 0 Å². The van der Waals surface area contributed by atoms with Crippen molar-refractivity contribution in [2.45, 2.75) is 46.1 Å². The molecule has 0 aliphatic rings. The quantitative estimate of drug-likeness (QED) is 0.653. The highest BCUT2D eigenvalue weighted by atomic mass is 16.5. The molecule has 0 fully saturated rings. The lowest BCUT2D eigenvalue weighted by atomic mass is 9.85. The standard InChI is InChI=1S/C20H26O3.C2H6/c1-20(2,16-22-13-7-12-21)18-10-6-11-19(14-18)23-15-17-8-4-3-5-9-17;1-2/h3-6,8-11,14,21H,7,12-13,15-16H2,1-2H3;1-2H3. The first-order chi connectivity index (χ1) is 12.1. The topological polar surface area (TPSA) is 38.7 Å². The molecule has 2 aromatic carbocycles. The lowest BCUT2D eigenvalue weighted by Crippen LogP contribution is -2.24. The molecule has 0 saturated carbocycles. The van der Waals surface area contributed by atoms with Crippen molar-refractivity contribution >= 4 is 0 Å². The van der Waals surface area contributed by atoms with E-state index in [0.29, 0.717) is 26.2 Å². The van der Waals surface area contributed by atoms with Crippen molar-refractivity contribution in [3.8, 4) is 5.75 Å². The average Bonchev–Trinajstić information content (AvgIpc) is 2.66. The zero-order chi connectivity index (χ0) is 18.5. The molecule has 3 nitrogen and oxygen atoms in total. The van der Waals surface area contributed by atoms with E-state index in [9.17, 15) is 0 Å². The number of rotatable bonds is 9. The number of benzene rings is 2. The Morgan fingerprint density at radius 3 is 2.36 bits per heavy atom. The summed E-state index contributed by atoms with van der Waals surface area (Å²) in [6.07, 6.45) is 0.677. The fraction of sp³-hybridized carbons (Fsp3) is 0.455. The molecule has 0 atom stereocenters. The molecule has 0 amide bonds. The Kier molecular flexibility index (Phi) is 9.90. The van der Waals surface area contributed by atoms with Gasteiger partial charge in [-0.25, -0.2) is 0 Å². The monoisotopic (exact) mass is 344 g/mol. The Balaban J connectivity index is 0.00000151. The van der Waals surface area contributed by atoms with Crippen LogP contribution in [-0.2, 0) is 16.8 Å². The summed E-state index contributed by atoms with van der Waals surface area (Å²) < 4.78 is 11.6. The van der Waals surface area contributed by atoms with E-state index in [-0.39, 0.29) is 12.0 Å². The summed E-state index contributed by atoms with van der Waals surface area (Å²) in [6.45, 7) is 10.3. The average molecular weight is 344 g/mol. The van der Waals surface area contributed by atoms with Crippen molar-refractivity contribution in [2.24, 2.45) is 0 Å². The van der Waals surface area contributed by atoms with Crippen molar-refractivity contribution in [2.75, 3.05) is 19.8 Å². The molecule has 0 aliphatic heterocycles. The maximum Gasteiger partial charge on any atom is 0.120 e. The Morgan fingerprint density at radius 2 is 1.68 bits per heavy atom. The van der Waals surface area contributed by atoms with Crippen LogP contribution in [-0.4, -0.2) is 24.9 Å². The molecule has 0 radical (unpaired) electrons. The van der Waals surface area contributed by atoms with E-state index in [0.717, 1.165) is 11.3 Å². The fourth-order valence-electron chi connectivity index (χ4n) is 2.33. The minimum Gasteiger partial charge on any atom is -0.489 e. The molecule has 0 aromatic heterocycles. The molecule has 1 N–H and O–H groups in total. The highest BCUT2D eigenvalue weighted by molar-refractivity contribution is 5.33. The van der Waals surface area contributed by atoms with Crippen molar-refractivity contribution in [3.05, 3.63) is 65.7 Å². The van der Waals surface area contributed by atoms with Gasteiger partial charge in [0.25, 0.3) is 0 Å². The van der Waals surface area contributed by atoms with Crippen LogP contribution in [0.3, 0.4) is 0 Å². The highest BCUT2D eigenvalue weighted by Gasteiger charge is 2.21. The van der Waals surface area contributed by atoms with Crippen molar-refractivity contribution < 1.29 is 14.6 Å². The van der Waals surface area contributed by atoms with Crippen LogP contribution in [0.1, 0.15) is 45.2 Å². The molecule has 2 rings (SSSR count). The molecule has 138 valence electrons. The second kappa shape index (κ2) is 11.7. The summed E-state index contributed by atoms with van der Waals surface area (Å²) in [7, 11) is 0. The second-order valence-electron chi connectivity index (χ2n) is 6.32. The van der Waals surface area contributed by atoms with Gasteiger partial charge < -0.3 is 14.6 Å². The molecule has 0 spiro atoms. The smallest absolute Gasteiger partial charge is 0.120 e. The zero-order valence-corrected chi connectivity index (χ0v) is 16.0. The number of hydrogen-bond donors (Lipinski definition) is 1. The van der Waals surface area contributed by atoms with Crippen LogP contribution in [0.4, 0.5) is 0 Å². The molecule has 2 aromatic rings. The zero-order valence-electron chi connectivity index (χ0n) is 16.0. The molecular formula is C22H32O3. The second-order valence-corrected chi connectivity index (χ2v) is 6.32. The minimum atomic E-state index is -0.0957. The van der Waals surface area contributed by atoms with Crippen LogP contribution in [0.2, 0.25) is 0 Å². The van der Waals surface area contributed by atoms with Crippen molar-refractivity contribution in [1.82, 2.24) is 0 Å². The summed E-state index contributed by atoms with van der Waals surface area (Å²) >= 11 is 0. The first-order valence-corrected chi connectivity index (χ1v) is 9.08. The highest BCUT2D eigenvalue weighted by Crippen LogP contribution is 2.27. The van der Waals surface area contributed by atoms with Gasteiger partial charge in [-0.3, -0.25) is 0 Å². The fourth-order valence-corrected chi connectivity index (χ4v) is 2.33. The molecule has 25 heavy (non-hydrogen) atoms. The lowest BCUT2D eigenvalue weighted by Gasteiger charge is -2.25. The molecule has 3 heteroatoms. The number of aliphatic hydroxyl groups excluding tert-OH is 1. The predicted molar refractivity (Wildman–Crippen MR) is 104 cm³/mol. The van der Waals surface area contributed by atoms with E-state index < -0.39 is 0 Å². The number of hydrogen-bond acceptors (Lipinski definition) is 3. The third-order valence-corrected chi connectivity index (χ3v) is 3.77. The van der Waals surface area contributed by atoms with E-state index in [4.69, 9.17) is 14.6 Å². The minimum absolute atomic E-state index is 0.0957. The Hall–Kier alpha value is -1.84. The van der Waals surface area contributed by atoms with Gasteiger partial charge >= 0.3 is 0 Å². The Bertz CT molecular complexity index is 579. The van der Waals surface area contributed by atoms with Crippen LogP contribution in [0.15, 0.2) is 54.6 Å². The predicted octanol–water partition coefficient (Wildman–Crippen LogP) is 4.97. The summed E-state index contributed by atoms with van der Waals surface area (Å²) in [5.74, 6) is 0.870. The van der Waals surface area contributed by atoms with Gasteiger partial charge in [-0.1, -0.05) is 70.2 Å². The normalized spacial score (nSPS) is 10.8. The third-order valence-electron chi connectivity index (χ3n) is 3.77. The van der Waals surface area contributed by atoms with Gasteiger partial charge in [-0.05, 0) is 29.7 Å². The van der Waals surface area contributed by atoms with Crippen LogP contribution in [0.5, 0.6) is 5.75 Å². The summed E-state index contributed by atoms with van der Waals surface area (Å²) in [5, 5.41) is 8.81. The van der Waals surface area contributed by atoms with Gasteiger partial charge in [0.2, 0.25) is 0 Å². The van der Waals surface area contributed by atoms with Crippen LogP contribution >= 0.6 is 0 Å². The number of aliphatic hydroxyl groups is 1. The summed E-state index contributed by atoms with van der Waals surface area (Å²) in [5.41, 5.74) is 2.25. The van der Waals surface area contributed by atoms with Crippen molar-refractivity contribution in [3.63, 3.8) is 0 Å².